The normalized spacial score (nSPS) is 12.2. The van der Waals surface area contributed by atoms with Gasteiger partial charge in [-0.3, -0.25) is 0 Å². The van der Waals surface area contributed by atoms with E-state index in [1.807, 2.05) is 13.8 Å². The molecule has 94 valence electrons. The van der Waals surface area contributed by atoms with E-state index in [2.05, 4.69) is 11.9 Å². The minimum Gasteiger partial charge on any atom is -0.493 e. The largest absolute Gasteiger partial charge is 0.493 e. The third kappa shape index (κ3) is 4.19. The van der Waals surface area contributed by atoms with Crippen molar-refractivity contribution in [1.82, 2.24) is 5.32 Å². The molecule has 1 unspecified atom stereocenters. The van der Waals surface area contributed by atoms with Crippen LogP contribution in [0.4, 0.5) is 4.39 Å². The molecule has 1 atom stereocenters. The smallest absolute Gasteiger partial charge is 0.126 e. The molecular formula is C14H20FNO. The number of hydrogen-bond acceptors (Lipinski definition) is 2. The number of rotatable bonds is 7. The molecule has 0 aliphatic carbocycles. The Kier molecular flexibility index (Phi) is 5.70. The summed E-state index contributed by atoms with van der Waals surface area (Å²) in [5.74, 6) is 0.339. The highest BCUT2D eigenvalue weighted by molar-refractivity contribution is 5.36. The van der Waals surface area contributed by atoms with Crippen LogP contribution in [0.3, 0.4) is 0 Å². The number of ether oxygens (including phenoxy) is 1. The van der Waals surface area contributed by atoms with Gasteiger partial charge in [-0.1, -0.05) is 19.1 Å². The fourth-order valence-electron chi connectivity index (χ4n) is 1.66. The van der Waals surface area contributed by atoms with Gasteiger partial charge in [-0.2, -0.15) is 0 Å². The van der Waals surface area contributed by atoms with E-state index in [1.165, 1.54) is 12.1 Å². The highest BCUT2D eigenvalue weighted by Gasteiger charge is 2.11. The van der Waals surface area contributed by atoms with Crippen molar-refractivity contribution in [3.05, 3.63) is 42.2 Å². The second kappa shape index (κ2) is 7.07. The maximum atomic E-state index is 13.2. The van der Waals surface area contributed by atoms with Gasteiger partial charge in [0.1, 0.15) is 11.6 Å². The first-order valence-corrected chi connectivity index (χ1v) is 5.95. The van der Waals surface area contributed by atoms with E-state index in [-0.39, 0.29) is 11.9 Å². The lowest BCUT2D eigenvalue weighted by Gasteiger charge is -2.17. The first kappa shape index (κ1) is 13.7. The number of halogens is 1. The van der Waals surface area contributed by atoms with Crippen LogP contribution in [0, 0.1) is 5.82 Å². The summed E-state index contributed by atoms with van der Waals surface area (Å²) in [6, 6.07) is 4.82. The van der Waals surface area contributed by atoms with Crippen molar-refractivity contribution in [2.24, 2.45) is 0 Å². The van der Waals surface area contributed by atoms with Gasteiger partial charge in [0.05, 0.1) is 6.61 Å². The molecule has 0 heterocycles. The van der Waals surface area contributed by atoms with Gasteiger partial charge >= 0.3 is 0 Å². The first-order valence-electron chi connectivity index (χ1n) is 5.95. The minimum absolute atomic E-state index is 0.152. The molecule has 1 N–H and O–H groups in total. The molecule has 1 aromatic rings. The van der Waals surface area contributed by atoms with Gasteiger partial charge in [0.15, 0.2) is 0 Å². The molecule has 17 heavy (non-hydrogen) atoms. The van der Waals surface area contributed by atoms with E-state index in [9.17, 15) is 4.39 Å². The first-order chi connectivity index (χ1) is 8.19. The van der Waals surface area contributed by atoms with Crippen molar-refractivity contribution in [3.63, 3.8) is 0 Å². The van der Waals surface area contributed by atoms with Crippen LogP contribution in [0.1, 0.15) is 31.9 Å². The molecule has 0 spiro atoms. The van der Waals surface area contributed by atoms with E-state index in [4.69, 9.17) is 4.74 Å². The van der Waals surface area contributed by atoms with E-state index < -0.39 is 0 Å². The number of hydrogen-bond donors (Lipinski definition) is 1. The highest BCUT2D eigenvalue weighted by Crippen LogP contribution is 2.26. The third-order valence-electron chi connectivity index (χ3n) is 2.53. The predicted octanol–water partition coefficient (Wildman–Crippen LogP) is 3.45. The fourth-order valence-corrected chi connectivity index (χ4v) is 1.66. The van der Waals surface area contributed by atoms with Crippen molar-refractivity contribution < 1.29 is 9.13 Å². The quantitative estimate of drug-likeness (QED) is 0.579. The van der Waals surface area contributed by atoms with Gasteiger partial charge in [0, 0.05) is 17.7 Å². The molecule has 0 aromatic heterocycles. The Balaban J connectivity index is 2.82. The third-order valence-corrected chi connectivity index (χ3v) is 2.53. The van der Waals surface area contributed by atoms with Crippen LogP contribution in [-0.4, -0.2) is 13.2 Å². The zero-order valence-electron chi connectivity index (χ0n) is 10.5. The zero-order valence-corrected chi connectivity index (χ0v) is 10.5. The highest BCUT2D eigenvalue weighted by atomic mass is 19.1. The van der Waals surface area contributed by atoms with Crippen LogP contribution < -0.4 is 10.1 Å². The van der Waals surface area contributed by atoms with Gasteiger partial charge < -0.3 is 10.1 Å². The zero-order chi connectivity index (χ0) is 12.7. The molecule has 0 aliphatic rings. The van der Waals surface area contributed by atoms with Crippen molar-refractivity contribution in [2.45, 2.75) is 26.3 Å². The molecule has 3 heteroatoms. The summed E-state index contributed by atoms with van der Waals surface area (Å²) in [7, 11) is 0. The van der Waals surface area contributed by atoms with Gasteiger partial charge in [-0.25, -0.2) is 4.39 Å². The topological polar surface area (TPSA) is 21.3 Å². The summed E-state index contributed by atoms with van der Waals surface area (Å²) < 4.78 is 18.8. The standard InChI is InChI=1S/C14H20FNO/c1-4-6-9-17-14-10-12(15)7-8-13(14)11(3)16-5-2/h4,7-8,10-11,16H,1,5-6,9H2,2-3H3. The summed E-state index contributed by atoms with van der Waals surface area (Å²) in [5.41, 5.74) is 0.984. The molecule has 0 radical (unpaired) electrons. The molecule has 1 aromatic carbocycles. The van der Waals surface area contributed by atoms with Crippen LogP contribution in [-0.2, 0) is 0 Å². The Hall–Kier alpha value is -1.35. The van der Waals surface area contributed by atoms with E-state index in [0.29, 0.717) is 12.4 Å². The van der Waals surface area contributed by atoms with E-state index >= 15 is 0 Å². The molecular weight excluding hydrogens is 217 g/mol. The van der Waals surface area contributed by atoms with Crippen LogP contribution in [0.5, 0.6) is 5.75 Å². The van der Waals surface area contributed by atoms with Gasteiger partial charge in [-0.05, 0) is 26.0 Å². The van der Waals surface area contributed by atoms with Crippen molar-refractivity contribution in [2.75, 3.05) is 13.2 Å². The molecule has 2 nitrogen and oxygen atoms in total. The van der Waals surface area contributed by atoms with Crippen molar-refractivity contribution in [3.8, 4) is 5.75 Å². The van der Waals surface area contributed by atoms with Gasteiger partial charge in [0.2, 0.25) is 0 Å². The average molecular weight is 237 g/mol. The van der Waals surface area contributed by atoms with Crippen molar-refractivity contribution >= 4 is 0 Å². The Morgan fingerprint density at radius 2 is 2.29 bits per heavy atom. The number of benzene rings is 1. The summed E-state index contributed by atoms with van der Waals surface area (Å²) in [6.45, 7) is 9.10. The molecule has 0 amide bonds. The molecule has 0 saturated carbocycles. The lowest BCUT2D eigenvalue weighted by atomic mass is 10.1. The summed E-state index contributed by atoms with van der Waals surface area (Å²) in [6.07, 6.45) is 2.54. The molecule has 1 rings (SSSR count). The Morgan fingerprint density at radius 3 is 2.94 bits per heavy atom. The maximum Gasteiger partial charge on any atom is 0.126 e. The Labute approximate surface area is 102 Å². The van der Waals surface area contributed by atoms with E-state index in [1.54, 1.807) is 12.1 Å². The molecule has 0 aliphatic heterocycles. The lowest BCUT2D eigenvalue weighted by molar-refractivity contribution is 0.316. The van der Waals surface area contributed by atoms with Crippen molar-refractivity contribution in [1.29, 1.82) is 0 Å². The average Bonchev–Trinajstić information content (AvgIpc) is 2.30. The van der Waals surface area contributed by atoms with Crippen LogP contribution in [0.2, 0.25) is 0 Å². The van der Waals surface area contributed by atoms with Crippen LogP contribution in [0.25, 0.3) is 0 Å². The van der Waals surface area contributed by atoms with E-state index in [0.717, 1.165) is 18.5 Å². The summed E-state index contributed by atoms with van der Waals surface area (Å²) >= 11 is 0. The lowest BCUT2D eigenvalue weighted by Crippen LogP contribution is -2.18. The maximum absolute atomic E-state index is 13.2. The predicted molar refractivity (Wildman–Crippen MR) is 68.8 cm³/mol. The Morgan fingerprint density at radius 1 is 1.53 bits per heavy atom. The second-order valence-electron chi connectivity index (χ2n) is 3.89. The second-order valence-corrected chi connectivity index (χ2v) is 3.89. The summed E-state index contributed by atoms with van der Waals surface area (Å²) in [5, 5.41) is 3.29. The summed E-state index contributed by atoms with van der Waals surface area (Å²) in [4.78, 5) is 0. The molecule has 0 bridgehead atoms. The number of nitrogens with one attached hydrogen (secondary N) is 1. The van der Waals surface area contributed by atoms with Gasteiger partial charge in [0.25, 0.3) is 0 Å². The van der Waals surface area contributed by atoms with Crippen LogP contribution in [0.15, 0.2) is 30.9 Å². The Bertz CT molecular complexity index is 365. The SMILES string of the molecule is C=CCCOc1cc(F)ccc1C(C)NCC. The minimum atomic E-state index is -0.272. The van der Waals surface area contributed by atoms with Gasteiger partial charge in [-0.15, -0.1) is 6.58 Å². The monoisotopic (exact) mass is 237 g/mol. The van der Waals surface area contributed by atoms with Crippen LogP contribution >= 0.6 is 0 Å². The molecule has 0 saturated heterocycles. The molecule has 0 fully saturated rings. The fraction of sp³-hybridized carbons (Fsp3) is 0.429.